The average molecular weight is 314 g/mol. The number of nitrogens with zero attached hydrogens (tertiary/aromatic N) is 1. The van der Waals surface area contributed by atoms with Crippen LogP contribution in [-0.4, -0.2) is 23.4 Å². The minimum absolute atomic E-state index is 0.0580. The first-order valence-corrected chi connectivity index (χ1v) is 7.19. The normalized spacial score (nSPS) is 14.6. The van der Waals surface area contributed by atoms with Crippen molar-refractivity contribution in [3.63, 3.8) is 0 Å². The second-order valence-corrected chi connectivity index (χ2v) is 5.48. The number of unbranched alkanes of at least 4 members (excludes halogenated alkanes) is 1. The highest BCUT2D eigenvalue weighted by Gasteiger charge is 2.33. The maximum absolute atomic E-state index is 13.5. The van der Waals surface area contributed by atoms with E-state index < -0.39 is 0 Å². The Morgan fingerprint density at radius 2 is 2.22 bits per heavy atom. The van der Waals surface area contributed by atoms with Crippen molar-refractivity contribution in [2.24, 2.45) is 0 Å². The molecule has 0 spiro atoms. The lowest BCUT2D eigenvalue weighted by atomic mass is 10.1. The van der Waals surface area contributed by atoms with E-state index >= 15 is 0 Å². The molecule has 0 aliphatic heterocycles. The fourth-order valence-electron chi connectivity index (χ4n) is 1.99. The number of amides is 1. The monoisotopic (exact) mass is 313 g/mol. The minimum atomic E-state index is -0.382. The van der Waals surface area contributed by atoms with Crippen molar-refractivity contribution in [1.29, 1.82) is 0 Å². The molecule has 2 rings (SSSR count). The summed E-state index contributed by atoms with van der Waals surface area (Å²) in [6.07, 6.45) is 4.20. The van der Waals surface area contributed by atoms with Gasteiger partial charge in [0.1, 0.15) is 5.82 Å². The molecule has 18 heavy (non-hydrogen) atoms. The maximum Gasteiger partial charge on any atom is 0.255 e. The van der Waals surface area contributed by atoms with Gasteiger partial charge in [-0.05, 0) is 47.3 Å². The number of carbonyl (C=O) groups is 1. The third kappa shape index (κ3) is 2.91. The highest BCUT2D eigenvalue weighted by Crippen LogP contribution is 2.30. The van der Waals surface area contributed by atoms with Crippen molar-refractivity contribution in [2.75, 3.05) is 6.54 Å². The topological polar surface area (TPSA) is 20.3 Å². The van der Waals surface area contributed by atoms with E-state index in [1.54, 1.807) is 12.1 Å². The lowest BCUT2D eigenvalue weighted by Gasteiger charge is -2.22. The van der Waals surface area contributed by atoms with Crippen LogP contribution in [0.25, 0.3) is 0 Å². The fourth-order valence-corrected chi connectivity index (χ4v) is 2.42. The predicted molar refractivity (Wildman–Crippen MR) is 73.1 cm³/mol. The summed E-state index contributed by atoms with van der Waals surface area (Å²) in [6, 6.07) is 4.97. The Hall–Kier alpha value is -0.900. The largest absolute Gasteiger partial charge is 0.336 e. The van der Waals surface area contributed by atoms with E-state index in [9.17, 15) is 9.18 Å². The third-order valence-corrected chi connectivity index (χ3v) is 3.99. The van der Waals surface area contributed by atoms with Crippen LogP contribution in [0.3, 0.4) is 0 Å². The molecule has 0 radical (unpaired) electrons. The number of halogens is 2. The molecule has 98 valence electrons. The van der Waals surface area contributed by atoms with Crippen molar-refractivity contribution < 1.29 is 9.18 Å². The van der Waals surface area contributed by atoms with Gasteiger partial charge in [0.25, 0.3) is 5.91 Å². The molecule has 2 nitrogen and oxygen atoms in total. The van der Waals surface area contributed by atoms with Crippen molar-refractivity contribution >= 4 is 21.8 Å². The molecule has 1 saturated carbocycles. The molecular formula is C14H17BrFNO. The predicted octanol–water partition coefficient (Wildman–Crippen LogP) is 3.99. The number of rotatable bonds is 5. The molecule has 1 amide bonds. The van der Waals surface area contributed by atoms with E-state index in [0.717, 1.165) is 32.2 Å². The van der Waals surface area contributed by atoms with E-state index in [0.29, 0.717) is 11.6 Å². The lowest BCUT2D eigenvalue weighted by molar-refractivity contribution is 0.0739. The average Bonchev–Trinajstić information content (AvgIpc) is 3.17. The molecule has 0 bridgehead atoms. The van der Waals surface area contributed by atoms with Gasteiger partial charge >= 0.3 is 0 Å². The highest BCUT2D eigenvalue weighted by molar-refractivity contribution is 9.10. The summed E-state index contributed by atoms with van der Waals surface area (Å²) in [6.45, 7) is 2.87. The van der Waals surface area contributed by atoms with Crippen LogP contribution in [0.1, 0.15) is 43.0 Å². The van der Waals surface area contributed by atoms with Gasteiger partial charge in [0.2, 0.25) is 0 Å². The zero-order valence-electron chi connectivity index (χ0n) is 10.5. The van der Waals surface area contributed by atoms with Crippen molar-refractivity contribution in [3.8, 4) is 0 Å². The zero-order chi connectivity index (χ0) is 13.1. The number of hydrogen-bond donors (Lipinski definition) is 0. The number of hydrogen-bond acceptors (Lipinski definition) is 1. The summed E-state index contributed by atoms with van der Waals surface area (Å²) in [5, 5.41) is 0. The number of benzene rings is 1. The molecule has 1 aliphatic carbocycles. The fraction of sp³-hybridized carbons (Fsp3) is 0.500. The summed E-state index contributed by atoms with van der Waals surface area (Å²) in [5.74, 6) is -0.440. The van der Waals surface area contributed by atoms with E-state index in [-0.39, 0.29) is 16.2 Å². The Kier molecular flexibility index (Phi) is 4.38. The molecule has 0 saturated heterocycles. The van der Waals surface area contributed by atoms with Crippen LogP contribution in [0, 0.1) is 5.82 Å². The molecule has 1 fully saturated rings. The van der Waals surface area contributed by atoms with Gasteiger partial charge in [-0.25, -0.2) is 4.39 Å². The summed E-state index contributed by atoms with van der Waals surface area (Å²) in [7, 11) is 0. The molecule has 0 heterocycles. The molecule has 1 aliphatic rings. The Morgan fingerprint density at radius 3 is 2.83 bits per heavy atom. The molecule has 0 N–H and O–H groups in total. The molecular weight excluding hydrogens is 297 g/mol. The van der Waals surface area contributed by atoms with Crippen molar-refractivity contribution in [1.82, 2.24) is 4.90 Å². The summed E-state index contributed by atoms with van der Waals surface area (Å²) in [4.78, 5) is 14.3. The SMILES string of the molecule is CCCCN(C(=O)c1cccc(F)c1Br)C1CC1. The van der Waals surface area contributed by atoms with Crippen LogP contribution >= 0.6 is 15.9 Å². The standard InChI is InChI=1S/C14H17BrFNO/c1-2-3-9-17(10-7-8-10)14(18)11-5-4-6-12(16)13(11)15/h4-6,10H,2-3,7-9H2,1H3. The van der Waals surface area contributed by atoms with Gasteiger partial charge in [-0.15, -0.1) is 0 Å². The Morgan fingerprint density at radius 1 is 1.50 bits per heavy atom. The van der Waals surface area contributed by atoms with Crippen LogP contribution < -0.4 is 0 Å². The van der Waals surface area contributed by atoms with E-state index in [2.05, 4.69) is 22.9 Å². The van der Waals surface area contributed by atoms with Crippen LogP contribution in [0.4, 0.5) is 4.39 Å². The Labute approximate surface area is 115 Å². The summed E-state index contributed by atoms with van der Waals surface area (Å²) >= 11 is 3.16. The van der Waals surface area contributed by atoms with E-state index in [4.69, 9.17) is 0 Å². The smallest absolute Gasteiger partial charge is 0.255 e. The van der Waals surface area contributed by atoms with Gasteiger partial charge in [0.15, 0.2) is 0 Å². The second-order valence-electron chi connectivity index (χ2n) is 4.68. The summed E-state index contributed by atoms with van der Waals surface area (Å²) < 4.78 is 13.7. The van der Waals surface area contributed by atoms with Gasteiger partial charge < -0.3 is 4.90 Å². The van der Waals surface area contributed by atoms with Crippen LogP contribution in [0.2, 0.25) is 0 Å². The first-order valence-electron chi connectivity index (χ1n) is 6.40. The molecule has 1 aromatic carbocycles. The maximum atomic E-state index is 13.5. The molecule has 0 unspecified atom stereocenters. The minimum Gasteiger partial charge on any atom is -0.336 e. The molecule has 1 aromatic rings. The number of carbonyl (C=O) groups excluding carboxylic acids is 1. The zero-order valence-corrected chi connectivity index (χ0v) is 12.0. The Balaban J connectivity index is 2.19. The molecule has 0 atom stereocenters. The van der Waals surface area contributed by atoms with Crippen LogP contribution in [0.15, 0.2) is 22.7 Å². The van der Waals surface area contributed by atoms with Gasteiger partial charge in [-0.3, -0.25) is 4.79 Å². The quantitative estimate of drug-likeness (QED) is 0.804. The van der Waals surface area contributed by atoms with E-state index in [1.807, 2.05) is 4.90 Å². The van der Waals surface area contributed by atoms with Gasteiger partial charge in [0, 0.05) is 12.6 Å². The van der Waals surface area contributed by atoms with E-state index in [1.165, 1.54) is 6.07 Å². The van der Waals surface area contributed by atoms with Crippen LogP contribution in [-0.2, 0) is 0 Å². The van der Waals surface area contributed by atoms with Crippen molar-refractivity contribution in [2.45, 2.75) is 38.6 Å². The molecule has 4 heteroatoms. The third-order valence-electron chi connectivity index (χ3n) is 3.18. The van der Waals surface area contributed by atoms with Crippen LogP contribution in [0.5, 0.6) is 0 Å². The Bertz CT molecular complexity index is 445. The molecule has 0 aromatic heterocycles. The second kappa shape index (κ2) is 5.83. The van der Waals surface area contributed by atoms with Gasteiger partial charge in [-0.1, -0.05) is 19.4 Å². The van der Waals surface area contributed by atoms with Gasteiger partial charge in [-0.2, -0.15) is 0 Å². The van der Waals surface area contributed by atoms with Gasteiger partial charge in [0.05, 0.1) is 10.0 Å². The highest BCUT2D eigenvalue weighted by atomic mass is 79.9. The summed E-state index contributed by atoms with van der Waals surface area (Å²) in [5.41, 5.74) is 0.429. The van der Waals surface area contributed by atoms with Crippen molar-refractivity contribution in [3.05, 3.63) is 34.1 Å². The first-order chi connectivity index (χ1) is 8.65. The first kappa shape index (κ1) is 13.5. The lowest BCUT2D eigenvalue weighted by Crippen LogP contribution is -2.34.